The normalized spacial score (nSPS) is 21.1. The number of carbonyl (C=O) groups is 4. The van der Waals surface area contributed by atoms with Gasteiger partial charge >= 0.3 is 18.2 Å². The van der Waals surface area contributed by atoms with E-state index in [1.165, 1.54) is 9.80 Å². The second-order valence-electron chi connectivity index (χ2n) is 9.90. The number of hydrogen-bond acceptors (Lipinski definition) is 6. The van der Waals surface area contributed by atoms with Crippen molar-refractivity contribution in [3.63, 3.8) is 0 Å². The zero-order chi connectivity index (χ0) is 25.0. The number of carbonyl (C=O) groups excluding carboxylic acids is 3. The molecule has 2 fully saturated rings. The molecule has 0 aromatic carbocycles. The van der Waals surface area contributed by atoms with Crippen molar-refractivity contribution in [3.05, 3.63) is 24.3 Å². The summed E-state index contributed by atoms with van der Waals surface area (Å²) in [6, 6.07) is -1.47. The van der Waals surface area contributed by atoms with E-state index in [1.807, 2.05) is 0 Å². The molecule has 180 valence electrons. The summed E-state index contributed by atoms with van der Waals surface area (Å²) in [5, 5.41) is 8.96. The van der Waals surface area contributed by atoms with Crippen LogP contribution in [0.2, 0.25) is 0 Å². The fourth-order valence-corrected chi connectivity index (χ4v) is 3.10. The number of carboxylic acids is 1. The third-order valence-electron chi connectivity index (χ3n) is 4.37. The van der Waals surface area contributed by atoms with Gasteiger partial charge < -0.3 is 20.3 Å². The van der Waals surface area contributed by atoms with E-state index in [0.29, 0.717) is 19.4 Å². The van der Waals surface area contributed by atoms with Gasteiger partial charge in [0.1, 0.15) is 23.3 Å². The molecule has 0 unspecified atom stereocenters. The topological polar surface area (TPSA) is 139 Å². The quantitative estimate of drug-likeness (QED) is 0.613. The average Bonchev–Trinajstić information content (AvgIpc) is 3.15. The number of rotatable bonds is 2. The molecule has 10 nitrogen and oxygen atoms in total. The lowest BCUT2D eigenvalue weighted by Crippen LogP contribution is -2.45. The summed E-state index contributed by atoms with van der Waals surface area (Å²) >= 11 is 0. The van der Waals surface area contributed by atoms with Crippen LogP contribution < -0.4 is 5.73 Å². The molecule has 2 aliphatic rings. The molecule has 0 aromatic heterocycles. The Bertz CT molecular complexity index is 726. The van der Waals surface area contributed by atoms with Gasteiger partial charge in [-0.25, -0.2) is 14.4 Å². The Morgan fingerprint density at radius 2 is 1.19 bits per heavy atom. The predicted octanol–water partition coefficient (Wildman–Crippen LogP) is 2.67. The third kappa shape index (κ3) is 8.24. The first kappa shape index (κ1) is 27.0. The highest BCUT2D eigenvalue weighted by Gasteiger charge is 2.38. The Morgan fingerprint density at radius 3 is 1.50 bits per heavy atom. The maximum absolute atomic E-state index is 11.8. The molecule has 3 N–H and O–H groups in total. The minimum atomic E-state index is -1.02. The van der Waals surface area contributed by atoms with Crippen molar-refractivity contribution in [2.24, 2.45) is 5.73 Å². The Hall–Kier alpha value is -3.04. The molecule has 0 saturated carbocycles. The molecule has 0 radical (unpaired) electrons. The van der Waals surface area contributed by atoms with Crippen LogP contribution in [0.1, 0.15) is 54.4 Å². The largest absolute Gasteiger partial charge is 0.480 e. The first-order valence-electron chi connectivity index (χ1n) is 10.3. The summed E-state index contributed by atoms with van der Waals surface area (Å²) in [6.07, 6.45) is -0.392. The number of hydrogen-bond donors (Lipinski definition) is 2. The Morgan fingerprint density at radius 1 is 0.844 bits per heavy atom. The minimum Gasteiger partial charge on any atom is -0.480 e. The van der Waals surface area contributed by atoms with Crippen molar-refractivity contribution in [2.45, 2.75) is 77.7 Å². The van der Waals surface area contributed by atoms with Crippen molar-refractivity contribution in [3.8, 4) is 0 Å². The van der Waals surface area contributed by atoms with Crippen LogP contribution in [-0.2, 0) is 19.1 Å². The second kappa shape index (κ2) is 10.1. The number of ether oxygens (including phenoxy) is 2. The highest BCUT2D eigenvalue weighted by Crippen LogP contribution is 2.24. The first-order chi connectivity index (χ1) is 14.4. The Kier molecular flexibility index (Phi) is 8.48. The predicted molar refractivity (Wildman–Crippen MR) is 118 cm³/mol. The third-order valence-corrected chi connectivity index (χ3v) is 4.37. The molecule has 2 rings (SSSR count). The van der Waals surface area contributed by atoms with E-state index in [4.69, 9.17) is 20.3 Å². The fraction of sp³-hybridized carbons (Fsp3) is 0.636. The van der Waals surface area contributed by atoms with Gasteiger partial charge in [-0.15, -0.1) is 0 Å². The van der Waals surface area contributed by atoms with Gasteiger partial charge in [0.25, 0.3) is 0 Å². The molecule has 2 heterocycles. The molecule has 2 aliphatic heterocycles. The van der Waals surface area contributed by atoms with Gasteiger partial charge in [-0.1, -0.05) is 24.3 Å². The van der Waals surface area contributed by atoms with E-state index in [9.17, 15) is 19.2 Å². The Balaban J connectivity index is 0.000000320. The smallest absolute Gasteiger partial charge is 0.411 e. The van der Waals surface area contributed by atoms with Crippen LogP contribution in [0.25, 0.3) is 0 Å². The number of carboxylic acid groups (broad SMARTS) is 1. The van der Waals surface area contributed by atoms with E-state index in [0.717, 1.165) is 11.1 Å². The molecule has 3 amide bonds. The average molecular weight is 454 g/mol. The number of amides is 3. The summed E-state index contributed by atoms with van der Waals surface area (Å²) < 4.78 is 10.3. The lowest BCUT2D eigenvalue weighted by Gasteiger charge is -2.26. The van der Waals surface area contributed by atoms with Crippen LogP contribution in [0.3, 0.4) is 0 Å². The standard InChI is InChI=1S/C11H18N2O3.C11H17NO4/c1-7-5-8(9(12)14)13(6-7)10(15)16-11(2,3)4;1-7-5-8(9(13)14)12(6-7)10(15)16-11(2,3)4/h8H,1,5-6H2,2-4H3,(H2,12,14);8H,1,5-6H2,2-4H3,(H,13,14)/t2*8-/m00/s1. The molecule has 32 heavy (non-hydrogen) atoms. The van der Waals surface area contributed by atoms with Gasteiger partial charge in [-0.05, 0) is 48.0 Å². The second-order valence-corrected chi connectivity index (χ2v) is 9.90. The molecular formula is C22H35N3O7. The molecular weight excluding hydrogens is 418 g/mol. The lowest BCUT2D eigenvalue weighted by molar-refractivity contribution is -0.142. The minimum absolute atomic E-state index is 0.256. The molecule has 2 saturated heterocycles. The molecule has 0 bridgehead atoms. The fourth-order valence-electron chi connectivity index (χ4n) is 3.10. The van der Waals surface area contributed by atoms with Crippen LogP contribution in [0, 0.1) is 0 Å². The molecule has 10 heteroatoms. The highest BCUT2D eigenvalue weighted by molar-refractivity contribution is 5.86. The zero-order valence-corrected chi connectivity index (χ0v) is 19.8. The van der Waals surface area contributed by atoms with E-state index >= 15 is 0 Å². The first-order valence-corrected chi connectivity index (χ1v) is 10.3. The summed E-state index contributed by atoms with van der Waals surface area (Å²) in [7, 11) is 0. The van der Waals surface area contributed by atoms with Gasteiger partial charge in [0, 0.05) is 19.5 Å². The zero-order valence-electron chi connectivity index (χ0n) is 19.8. The van der Waals surface area contributed by atoms with Gasteiger partial charge in [-0.2, -0.15) is 0 Å². The van der Waals surface area contributed by atoms with Crippen LogP contribution in [0.4, 0.5) is 9.59 Å². The van der Waals surface area contributed by atoms with Crippen molar-refractivity contribution in [1.82, 2.24) is 9.80 Å². The summed E-state index contributed by atoms with van der Waals surface area (Å²) in [5.41, 5.74) is 5.57. The molecule has 0 aromatic rings. The van der Waals surface area contributed by atoms with Gasteiger partial charge in [-0.3, -0.25) is 14.6 Å². The van der Waals surface area contributed by atoms with Crippen molar-refractivity contribution in [1.29, 1.82) is 0 Å². The Labute approximate surface area is 189 Å². The van der Waals surface area contributed by atoms with Crippen molar-refractivity contribution >= 4 is 24.1 Å². The number of aliphatic carboxylic acids is 1. The van der Waals surface area contributed by atoms with Gasteiger partial charge in [0.2, 0.25) is 5.91 Å². The number of primary amides is 1. The summed E-state index contributed by atoms with van der Waals surface area (Å²) in [6.45, 7) is 18.6. The van der Waals surface area contributed by atoms with Crippen molar-refractivity contribution < 1.29 is 33.8 Å². The number of nitrogens with zero attached hydrogens (tertiary/aromatic N) is 2. The summed E-state index contributed by atoms with van der Waals surface area (Å²) in [4.78, 5) is 48.1. The van der Waals surface area contributed by atoms with Gasteiger partial charge in [0.05, 0.1) is 0 Å². The van der Waals surface area contributed by atoms with Gasteiger partial charge in [0.15, 0.2) is 0 Å². The van der Waals surface area contributed by atoms with Crippen LogP contribution >= 0.6 is 0 Å². The van der Waals surface area contributed by atoms with Crippen LogP contribution in [0.15, 0.2) is 24.3 Å². The SMILES string of the molecule is C=C1C[C@@H](C(=O)O)N(C(=O)OC(C)(C)C)C1.C=C1C[C@@H](C(N)=O)N(C(=O)OC(C)(C)C)C1. The molecule has 0 aliphatic carbocycles. The maximum atomic E-state index is 11.8. The van der Waals surface area contributed by atoms with Crippen LogP contribution in [-0.4, -0.2) is 75.3 Å². The van der Waals surface area contributed by atoms with Crippen LogP contribution in [0.5, 0.6) is 0 Å². The van der Waals surface area contributed by atoms with E-state index in [1.54, 1.807) is 41.5 Å². The maximum Gasteiger partial charge on any atom is 0.411 e. The van der Waals surface area contributed by atoms with Crippen molar-refractivity contribution in [2.75, 3.05) is 13.1 Å². The monoisotopic (exact) mass is 453 g/mol. The lowest BCUT2D eigenvalue weighted by atomic mass is 10.2. The highest BCUT2D eigenvalue weighted by atomic mass is 16.6. The summed E-state index contributed by atoms with van der Waals surface area (Å²) in [5.74, 6) is -1.55. The molecule has 0 spiro atoms. The number of likely N-dealkylation sites (tertiary alicyclic amines) is 2. The molecule has 2 atom stereocenters. The van der Waals surface area contributed by atoms with E-state index in [2.05, 4.69) is 13.2 Å². The van der Waals surface area contributed by atoms with E-state index < -0.39 is 47.3 Å². The number of nitrogens with two attached hydrogens (primary N) is 1. The van der Waals surface area contributed by atoms with E-state index in [-0.39, 0.29) is 6.54 Å².